The second kappa shape index (κ2) is 10.6. The molecule has 0 radical (unpaired) electrons. The number of fused-ring (bicyclic) bond motifs is 1. The zero-order chi connectivity index (χ0) is 28.0. The van der Waals surface area contributed by atoms with Gasteiger partial charge in [0.15, 0.2) is 0 Å². The van der Waals surface area contributed by atoms with Crippen molar-refractivity contribution in [3.8, 4) is 22.8 Å². The third-order valence-electron chi connectivity index (χ3n) is 8.78. The van der Waals surface area contributed by atoms with Crippen molar-refractivity contribution in [2.75, 3.05) is 18.6 Å². The summed E-state index contributed by atoms with van der Waals surface area (Å²) in [5.41, 5.74) is 3.27. The summed E-state index contributed by atoms with van der Waals surface area (Å²) in [6, 6.07) is 3.91. The number of nitrogens with one attached hydrogen (secondary N) is 1. The number of rotatable bonds is 7. The molecular formula is C29H36ClN7O3. The number of methoxy groups -OCH3 is 1. The van der Waals surface area contributed by atoms with E-state index in [1.807, 2.05) is 12.1 Å². The lowest BCUT2D eigenvalue weighted by atomic mass is 9.83. The Labute approximate surface area is 238 Å². The first-order chi connectivity index (χ1) is 19.2. The maximum atomic E-state index is 11.8. The predicted octanol–water partition coefficient (Wildman–Crippen LogP) is 5.71. The maximum Gasteiger partial charge on any atom is 0.439 e. The van der Waals surface area contributed by atoms with E-state index in [1.54, 1.807) is 19.5 Å². The lowest BCUT2D eigenvalue weighted by Crippen LogP contribution is -2.48. The molecule has 1 atom stereocenters. The van der Waals surface area contributed by atoms with Crippen LogP contribution in [0, 0.1) is 11.8 Å². The summed E-state index contributed by atoms with van der Waals surface area (Å²) < 4.78 is 13.1. The first-order valence-corrected chi connectivity index (χ1v) is 14.5. The molecule has 1 N–H and O–H groups in total. The molecule has 0 unspecified atom stereocenters. The van der Waals surface area contributed by atoms with Crippen LogP contribution in [0.3, 0.4) is 0 Å². The van der Waals surface area contributed by atoms with Crippen LogP contribution < -0.4 is 10.7 Å². The van der Waals surface area contributed by atoms with Gasteiger partial charge in [0.2, 0.25) is 11.8 Å². The van der Waals surface area contributed by atoms with E-state index in [2.05, 4.69) is 45.4 Å². The SMILES string of the molecule is COC(C)(C)[C@@H]1CCCN1c1nc2cc(-c3noc(=O)[nH]3)nc(-c3cncc(Cl)c3)c2n1CC1CCC(C)CC1. The first kappa shape index (κ1) is 27.0. The fourth-order valence-corrected chi connectivity index (χ4v) is 6.55. The van der Waals surface area contributed by atoms with Crippen LogP contribution in [-0.4, -0.2) is 55.0 Å². The van der Waals surface area contributed by atoms with Gasteiger partial charge in [-0.3, -0.25) is 14.5 Å². The summed E-state index contributed by atoms with van der Waals surface area (Å²) in [6.45, 7) is 8.38. The Hall–Kier alpha value is -3.24. The Morgan fingerprint density at radius 3 is 2.65 bits per heavy atom. The average molecular weight is 566 g/mol. The number of pyridine rings is 2. The quantitative estimate of drug-likeness (QED) is 0.303. The molecule has 1 saturated carbocycles. The van der Waals surface area contributed by atoms with Gasteiger partial charge < -0.3 is 14.2 Å². The average Bonchev–Trinajstić information content (AvgIpc) is 3.68. The summed E-state index contributed by atoms with van der Waals surface area (Å²) in [4.78, 5) is 31.4. The van der Waals surface area contributed by atoms with Crippen LogP contribution in [0.5, 0.6) is 0 Å². The number of ether oxygens (including phenoxy) is 1. The van der Waals surface area contributed by atoms with Crippen LogP contribution >= 0.6 is 11.6 Å². The number of halogens is 1. The van der Waals surface area contributed by atoms with Gasteiger partial charge in [-0.2, -0.15) is 0 Å². The summed E-state index contributed by atoms with van der Waals surface area (Å²) in [5.74, 6) is 1.84. The summed E-state index contributed by atoms with van der Waals surface area (Å²) in [6.07, 6.45) is 10.3. The van der Waals surface area contributed by atoms with Crippen LogP contribution in [0.4, 0.5) is 5.95 Å². The smallest absolute Gasteiger partial charge is 0.377 e. The number of aromatic nitrogens is 6. The maximum absolute atomic E-state index is 11.8. The normalized spacial score (nSPS) is 21.9. The van der Waals surface area contributed by atoms with E-state index >= 15 is 0 Å². The fourth-order valence-electron chi connectivity index (χ4n) is 6.38. The molecule has 1 aliphatic carbocycles. The largest absolute Gasteiger partial charge is 0.439 e. The highest BCUT2D eigenvalue weighted by atomic mass is 35.5. The van der Waals surface area contributed by atoms with Gasteiger partial charge in [0.05, 0.1) is 33.4 Å². The van der Waals surface area contributed by atoms with Gasteiger partial charge in [-0.05, 0) is 63.5 Å². The molecule has 10 nitrogen and oxygen atoms in total. The second-order valence-corrected chi connectivity index (χ2v) is 12.3. The zero-order valence-corrected chi connectivity index (χ0v) is 24.2. The van der Waals surface area contributed by atoms with E-state index < -0.39 is 5.76 Å². The van der Waals surface area contributed by atoms with Gasteiger partial charge in [-0.15, -0.1) is 0 Å². The molecule has 4 aromatic heterocycles. The zero-order valence-electron chi connectivity index (χ0n) is 23.5. The van der Waals surface area contributed by atoms with Crippen LogP contribution in [0.15, 0.2) is 33.8 Å². The molecule has 0 bridgehead atoms. The van der Waals surface area contributed by atoms with Gasteiger partial charge in [-0.1, -0.05) is 36.5 Å². The van der Waals surface area contributed by atoms with Gasteiger partial charge in [0.1, 0.15) is 5.69 Å². The van der Waals surface area contributed by atoms with Crippen molar-refractivity contribution in [1.29, 1.82) is 0 Å². The molecule has 1 aliphatic heterocycles. The second-order valence-electron chi connectivity index (χ2n) is 11.9. The Kier molecular flexibility index (Phi) is 7.16. The number of anilines is 1. The van der Waals surface area contributed by atoms with Crippen molar-refractivity contribution in [2.45, 2.75) is 77.5 Å². The molecule has 6 rings (SSSR count). The van der Waals surface area contributed by atoms with Gasteiger partial charge in [0.25, 0.3) is 0 Å². The molecule has 0 aromatic carbocycles. The summed E-state index contributed by atoms with van der Waals surface area (Å²) >= 11 is 6.40. The van der Waals surface area contributed by atoms with Crippen LogP contribution in [0.25, 0.3) is 33.8 Å². The molecule has 2 fully saturated rings. The highest BCUT2D eigenvalue weighted by Crippen LogP contribution is 2.40. The Balaban J connectivity index is 1.58. The minimum absolute atomic E-state index is 0.176. The highest BCUT2D eigenvalue weighted by molar-refractivity contribution is 6.30. The van der Waals surface area contributed by atoms with Gasteiger partial charge in [-0.25, -0.2) is 14.8 Å². The van der Waals surface area contributed by atoms with Crippen LogP contribution in [0.1, 0.15) is 59.3 Å². The van der Waals surface area contributed by atoms with Crippen molar-refractivity contribution in [3.63, 3.8) is 0 Å². The molecule has 5 heterocycles. The minimum Gasteiger partial charge on any atom is -0.377 e. The van der Waals surface area contributed by atoms with E-state index in [1.165, 1.54) is 25.7 Å². The molecule has 4 aromatic rings. The number of H-pyrrole nitrogens is 1. The summed E-state index contributed by atoms with van der Waals surface area (Å²) in [7, 11) is 1.78. The third-order valence-corrected chi connectivity index (χ3v) is 8.99. The van der Waals surface area contributed by atoms with E-state index in [4.69, 9.17) is 30.8 Å². The van der Waals surface area contributed by atoms with E-state index in [-0.39, 0.29) is 17.5 Å². The lowest BCUT2D eigenvalue weighted by Gasteiger charge is -2.38. The molecule has 0 spiro atoms. The van der Waals surface area contributed by atoms with Crippen LogP contribution in [0.2, 0.25) is 5.02 Å². The molecule has 212 valence electrons. The number of aromatic amines is 1. The standard InChI is InChI=1S/C29H36ClN7O3/c1-17-7-9-18(10-8-17)16-37-25-21(33-27(37)36-11-5-6-23(36)29(2,3)39-4)13-22(26-34-28(38)40-35-26)32-24(25)19-12-20(30)15-31-14-19/h12-15,17-18,23H,5-11,16H2,1-4H3,(H,34,35,38)/t17?,18?,23-/m0/s1. The van der Waals surface area contributed by atoms with Crippen LogP contribution in [-0.2, 0) is 11.3 Å². The Morgan fingerprint density at radius 2 is 1.95 bits per heavy atom. The molecule has 2 aliphatic rings. The van der Waals surface area contributed by atoms with E-state index in [0.717, 1.165) is 54.4 Å². The third kappa shape index (κ3) is 5.03. The molecular weight excluding hydrogens is 530 g/mol. The number of hydrogen-bond donors (Lipinski definition) is 1. The minimum atomic E-state index is -0.637. The Bertz CT molecular complexity index is 1570. The van der Waals surface area contributed by atoms with Gasteiger partial charge >= 0.3 is 5.76 Å². The topological polar surface area (TPSA) is 115 Å². The van der Waals surface area contributed by atoms with Gasteiger partial charge in [0, 0.05) is 38.2 Å². The van der Waals surface area contributed by atoms with E-state index in [9.17, 15) is 4.79 Å². The highest BCUT2D eigenvalue weighted by Gasteiger charge is 2.40. The van der Waals surface area contributed by atoms with Crippen molar-refractivity contribution < 1.29 is 9.26 Å². The molecule has 40 heavy (non-hydrogen) atoms. The van der Waals surface area contributed by atoms with Crippen molar-refractivity contribution in [1.82, 2.24) is 29.7 Å². The molecule has 1 saturated heterocycles. The fraction of sp³-hybridized carbons (Fsp3) is 0.552. The molecule has 11 heteroatoms. The molecule has 0 amide bonds. The summed E-state index contributed by atoms with van der Waals surface area (Å²) in [5, 5.41) is 4.41. The number of hydrogen-bond acceptors (Lipinski definition) is 8. The first-order valence-electron chi connectivity index (χ1n) is 14.1. The lowest BCUT2D eigenvalue weighted by molar-refractivity contribution is 0.00151. The Morgan fingerprint density at radius 1 is 1.15 bits per heavy atom. The van der Waals surface area contributed by atoms with Crippen molar-refractivity contribution >= 4 is 28.6 Å². The number of nitrogens with zero attached hydrogens (tertiary/aromatic N) is 6. The number of imidazole rings is 1. The van der Waals surface area contributed by atoms with Crippen molar-refractivity contribution in [3.05, 3.63) is 40.1 Å². The van der Waals surface area contributed by atoms with E-state index in [0.29, 0.717) is 22.3 Å². The van der Waals surface area contributed by atoms with Crippen molar-refractivity contribution in [2.24, 2.45) is 11.8 Å². The monoisotopic (exact) mass is 565 g/mol. The predicted molar refractivity (Wildman–Crippen MR) is 154 cm³/mol.